The molecule has 174 valence electrons. The molecule has 1 aromatic heterocycles. The Morgan fingerprint density at radius 3 is 2.64 bits per heavy atom. The summed E-state index contributed by atoms with van der Waals surface area (Å²) in [6.45, 7) is 6.48. The number of ether oxygens (including phenoxy) is 2. The minimum absolute atomic E-state index is 0.0585. The molecule has 1 amide bonds. The van der Waals surface area contributed by atoms with Crippen LogP contribution in [0.1, 0.15) is 55.3 Å². The molecule has 0 aliphatic heterocycles. The third-order valence-electron chi connectivity index (χ3n) is 5.23. The maximum Gasteiger partial charge on any atom is 0.310 e. The van der Waals surface area contributed by atoms with Crippen molar-refractivity contribution in [1.29, 1.82) is 0 Å². The molecule has 0 spiro atoms. The van der Waals surface area contributed by atoms with E-state index in [1.165, 1.54) is 12.8 Å². The summed E-state index contributed by atoms with van der Waals surface area (Å²) in [4.78, 5) is 24.7. The fraction of sp³-hybridized carbons (Fsp3) is 0.385. The number of carbonyl (C=O) groups excluding carboxylic acids is 2. The Balaban J connectivity index is 1.45. The molecule has 0 bridgehead atoms. The SMILES string of the molecule is CC(C)(C)OC(=O)Cc1ccccc1OCc1cc2cc(C(=O)NCC3CC3)cc(I)c2o1. The Bertz CT molecular complexity index is 1170. The van der Waals surface area contributed by atoms with Crippen LogP contribution in [-0.4, -0.2) is 24.0 Å². The number of para-hydroxylation sites is 1. The van der Waals surface area contributed by atoms with Crippen molar-refractivity contribution < 1.29 is 23.5 Å². The number of nitrogens with one attached hydrogen (secondary N) is 1. The molecule has 1 heterocycles. The maximum absolute atomic E-state index is 12.5. The highest BCUT2D eigenvalue weighted by atomic mass is 127. The molecule has 0 radical (unpaired) electrons. The first-order chi connectivity index (χ1) is 15.7. The normalized spacial score (nSPS) is 13.7. The van der Waals surface area contributed by atoms with Crippen LogP contribution in [0.25, 0.3) is 11.0 Å². The summed E-state index contributed by atoms with van der Waals surface area (Å²) in [7, 11) is 0. The highest BCUT2D eigenvalue weighted by Crippen LogP contribution is 2.29. The fourth-order valence-electron chi connectivity index (χ4n) is 3.50. The van der Waals surface area contributed by atoms with E-state index >= 15 is 0 Å². The summed E-state index contributed by atoms with van der Waals surface area (Å²) in [5.74, 6) is 1.53. The van der Waals surface area contributed by atoms with Crippen LogP contribution >= 0.6 is 22.6 Å². The van der Waals surface area contributed by atoms with Gasteiger partial charge in [0.15, 0.2) is 0 Å². The molecule has 0 saturated heterocycles. The summed E-state index contributed by atoms with van der Waals surface area (Å²) in [6, 6.07) is 13.0. The average Bonchev–Trinajstić information content (AvgIpc) is 3.47. The van der Waals surface area contributed by atoms with Crippen LogP contribution in [0.3, 0.4) is 0 Å². The molecular weight excluding hydrogens is 533 g/mol. The number of benzene rings is 2. The van der Waals surface area contributed by atoms with Gasteiger partial charge in [-0.15, -0.1) is 0 Å². The standard InChI is InChI=1S/C26H28INO5/c1-26(2,3)33-23(29)13-17-6-4-5-7-22(17)31-15-20-11-18-10-19(12-21(27)24(18)32-20)25(30)28-14-16-8-9-16/h4-7,10-12,16H,8-9,13-15H2,1-3H3,(H,28,30). The second kappa shape index (κ2) is 9.75. The molecule has 0 unspecified atom stereocenters. The molecule has 7 heteroatoms. The number of amides is 1. The lowest BCUT2D eigenvalue weighted by Gasteiger charge is -2.20. The molecule has 1 aliphatic rings. The molecule has 3 aromatic rings. The number of rotatable bonds is 8. The molecule has 4 rings (SSSR count). The van der Waals surface area contributed by atoms with Gasteiger partial charge in [0, 0.05) is 23.1 Å². The van der Waals surface area contributed by atoms with E-state index in [0.717, 1.165) is 26.6 Å². The van der Waals surface area contributed by atoms with Gasteiger partial charge in [-0.1, -0.05) is 18.2 Å². The fourth-order valence-corrected chi connectivity index (χ4v) is 4.26. The van der Waals surface area contributed by atoms with Gasteiger partial charge in [0.05, 0.1) is 9.99 Å². The van der Waals surface area contributed by atoms with Gasteiger partial charge in [-0.05, 0) is 86.4 Å². The van der Waals surface area contributed by atoms with Crippen molar-refractivity contribution in [3.63, 3.8) is 0 Å². The molecule has 1 fully saturated rings. The van der Waals surface area contributed by atoms with Crippen LogP contribution < -0.4 is 10.1 Å². The number of hydrogen-bond acceptors (Lipinski definition) is 5. The van der Waals surface area contributed by atoms with Crippen LogP contribution in [0.2, 0.25) is 0 Å². The first-order valence-corrected chi connectivity index (χ1v) is 12.2. The zero-order chi connectivity index (χ0) is 23.6. The number of hydrogen-bond donors (Lipinski definition) is 1. The van der Waals surface area contributed by atoms with Crippen LogP contribution in [0.4, 0.5) is 0 Å². The summed E-state index contributed by atoms with van der Waals surface area (Å²) < 4.78 is 18.3. The van der Waals surface area contributed by atoms with Crippen LogP contribution in [0, 0.1) is 9.49 Å². The number of fused-ring (bicyclic) bond motifs is 1. The number of carbonyl (C=O) groups is 2. The Hall–Kier alpha value is -2.55. The Kier molecular flexibility index (Phi) is 6.97. The molecule has 33 heavy (non-hydrogen) atoms. The van der Waals surface area contributed by atoms with Crippen molar-refractivity contribution in [2.45, 2.75) is 52.2 Å². The molecule has 1 aliphatic carbocycles. The Morgan fingerprint density at radius 2 is 1.91 bits per heavy atom. The minimum atomic E-state index is -0.536. The van der Waals surface area contributed by atoms with Gasteiger partial charge in [-0.2, -0.15) is 0 Å². The molecule has 6 nitrogen and oxygen atoms in total. The maximum atomic E-state index is 12.5. The lowest BCUT2D eigenvalue weighted by molar-refractivity contribution is -0.153. The molecule has 1 N–H and O–H groups in total. The monoisotopic (exact) mass is 561 g/mol. The largest absolute Gasteiger partial charge is 0.485 e. The summed E-state index contributed by atoms with van der Waals surface area (Å²) in [5, 5.41) is 3.87. The zero-order valence-electron chi connectivity index (χ0n) is 19.1. The predicted octanol–water partition coefficient (Wildman–Crippen LogP) is 5.64. The van der Waals surface area contributed by atoms with Crippen molar-refractivity contribution >= 4 is 45.4 Å². The highest BCUT2D eigenvalue weighted by Gasteiger charge is 2.22. The third-order valence-corrected chi connectivity index (χ3v) is 6.03. The average molecular weight is 561 g/mol. The van der Waals surface area contributed by atoms with Crippen LogP contribution in [0.5, 0.6) is 5.75 Å². The van der Waals surface area contributed by atoms with Crippen molar-refractivity contribution in [1.82, 2.24) is 5.32 Å². The van der Waals surface area contributed by atoms with E-state index in [-0.39, 0.29) is 24.9 Å². The van der Waals surface area contributed by atoms with E-state index in [2.05, 4.69) is 27.9 Å². The van der Waals surface area contributed by atoms with Crippen LogP contribution in [0.15, 0.2) is 46.9 Å². The van der Waals surface area contributed by atoms with E-state index in [0.29, 0.717) is 23.0 Å². The second-order valence-corrected chi connectivity index (χ2v) is 10.6. The number of halogens is 1. The van der Waals surface area contributed by atoms with Crippen molar-refractivity contribution in [2.75, 3.05) is 6.54 Å². The lowest BCUT2D eigenvalue weighted by atomic mass is 10.1. The number of esters is 1. The first kappa shape index (κ1) is 23.6. The topological polar surface area (TPSA) is 77.8 Å². The van der Waals surface area contributed by atoms with Gasteiger partial charge in [0.1, 0.15) is 29.3 Å². The smallest absolute Gasteiger partial charge is 0.310 e. The quantitative estimate of drug-likeness (QED) is 0.285. The van der Waals surface area contributed by atoms with Crippen molar-refractivity contribution in [2.24, 2.45) is 5.92 Å². The lowest BCUT2D eigenvalue weighted by Crippen LogP contribution is -2.25. The molecule has 2 aromatic carbocycles. The number of furan rings is 1. The van der Waals surface area contributed by atoms with Crippen molar-refractivity contribution in [3.8, 4) is 5.75 Å². The molecule has 0 atom stereocenters. The summed E-state index contributed by atoms with van der Waals surface area (Å²) in [6.07, 6.45) is 2.52. The predicted molar refractivity (Wildman–Crippen MR) is 134 cm³/mol. The van der Waals surface area contributed by atoms with Gasteiger partial charge < -0.3 is 19.2 Å². The van der Waals surface area contributed by atoms with E-state index in [9.17, 15) is 9.59 Å². The third kappa shape index (κ3) is 6.50. The van der Waals surface area contributed by atoms with Gasteiger partial charge in [-0.3, -0.25) is 9.59 Å². The summed E-state index contributed by atoms with van der Waals surface area (Å²) in [5.41, 5.74) is 1.58. The van der Waals surface area contributed by atoms with E-state index < -0.39 is 5.60 Å². The Labute approximate surface area is 207 Å². The van der Waals surface area contributed by atoms with Gasteiger partial charge >= 0.3 is 5.97 Å². The molecule has 1 saturated carbocycles. The summed E-state index contributed by atoms with van der Waals surface area (Å²) >= 11 is 2.19. The van der Waals surface area contributed by atoms with Crippen molar-refractivity contribution in [3.05, 3.63) is 62.9 Å². The second-order valence-electron chi connectivity index (χ2n) is 9.40. The van der Waals surface area contributed by atoms with E-state index in [4.69, 9.17) is 13.9 Å². The molecular formula is C26H28INO5. The van der Waals surface area contributed by atoms with E-state index in [1.807, 2.05) is 63.2 Å². The van der Waals surface area contributed by atoms with Crippen LogP contribution in [-0.2, 0) is 22.6 Å². The highest BCUT2D eigenvalue weighted by molar-refractivity contribution is 14.1. The zero-order valence-corrected chi connectivity index (χ0v) is 21.2. The first-order valence-electron chi connectivity index (χ1n) is 11.1. The van der Waals surface area contributed by atoms with E-state index in [1.54, 1.807) is 0 Å². The van der Waals surface area contributed by atoms with Gasteiger partial charge in [0.2, 0.25) is 0 Å². The Morgan fingerprint density at radius 1 is 1.15 bits per heavy atom. The minimum Gasteiger partial charge on any atom is -0.485 e. The van der Waals surface area contributed by atoms with Gasteiger partial charge in [-0.25, -0.2) is 0 Å². The van der Waals surface area contributed by atoms with Gasteiger partial charge in [0.25, 0.3) is 5.91 Å².